The zero-order chi connectivity index (χ0) is 25.2. The maximum atomic E-state index is 12.3. The number of hydrogen-bond acceptors (Lipinski definition) is 4. The molecule has 0 saturated heterocycles. The first-order valence-electron chi connectivity index (χ1n) is 11.7. The zero-order valence-corrected chi connectivity index (χ0v) is 22.2. The predicted molar refractivity (Wildman–Crippen MR) is 149 cm³/mol. The highest BCUT2D eigenvalue weighted by Crippen LogP contribution is 2.36. The van der Waals surface area contributed by atoms with E-state index >= 15 is 0 Å². The Hall–Kier alpha value is -2.97. The summed E-state index contributed by atoms with van der Waals surface area (Å²) in [6, 6.07) is 23.2. The minimum absolute atomic E-state index is 0.0586. The summed E-state index contributed by atoms with van der Waals surface area (Å²) in [7, 11) is 0. The number of carbonyl (C=O) groups is 2. The molecule has 0 aliphatic carbocycles. The molecule has 3 aromatic rings. The number of nitrogens with one attached hydrogen (secondary N) is 1. The lowest BCUT2D eigenvalue weighted by atomic mass is 9.99. The molecule has 3 rings (SSSR count). The Kier molecular flexibility index (Phi) is 10.0. The number of unbranched alkanes of at least 4 members (excludes halogenated alkanes) is 1. The smallest absolute Gasteiger partial charge is 0.332 e. The van der Waals surface area contributed by atoms with Crippen LogP contribution in [-0.2, 0) is 11.3 Å². The molecule has 0 amide bonds. The molecule has 0 fully saturated rings. The van der Waals surface area contributed by atoms with Crippen LogP contribution in [0.25, 0.3) is 14.7 Å². The van der Waals surface area contributed by atoms with Gasteiger partial charge in [-0.2, -0.15) is 0 Å². The number of carboxylic acid groups (broad SMARTS) is 1. The lowest BCUT2D eigenvalue weighted by Crippen LogP contribution is -2.22. The third kappa shape index (κ3) is 7.50. The van der Waals surface area contributed by atoms with E-state index in [4.69, 9.17) is 4.74 Å². The summed E-state index contributed by atoms with van der Waals surface area (Å²) in [6.45, 7) is 5.14. The summed E-state index contributed by atoms with van der Waals surface area (Å²) >= 11 is 2.07. The second kappa shape index (κ2) is 13.2. The predicted octanol–water partition coefficient (Wildman–Crippen LogP) is 6.76. The van der Waals surface area contributed by atoms with Crippen molar-refractivity contribution < 1.29 is 19.4 Å². The molecule has 0 aliphatic heterocycles. The average Bonchev–Trinajstić information content (AvgIpc) is 2.88. The molecule has 0 heterocycles. The van der Waals surface area contributed by atoms with Crippen LogP contribution in [0.4, 0.5) is 0 Å². The molecule has 0 radical (unpaired) electrons. The van der Waals surface area contributed by atoms with E-state index in [1.165, 1.54) is 0 Å². The molecular formula is C29H30INO4. The van der Waals surface area contributed by atoms with Gasteiger partial charge >= 0.3 is 5.97 Å². The molecular weight excluding hydrogens is 553 g/mol. The number of carbonyl (C=O) groups excluding carboxylic acids is 1. The summed E-state index contributed by atoms with van der Waals surface area (Å²) in [5.74, 6) is -0.145. The molecule has 2 N–H and O–H groups in total. The van der Waals surface area contributed by atoms with Gasteiger partial charge in [-0.1, -0.05) is 74.0 Å². The van der Waals surface area contributed by atoms with Crippen LogP contribution in [0.3, 0.4) is 0 Å². The van der Waals surface area contributed by atoms with E-state index < -0.39 is 5.97 Å². The SMILES string of the molecule is CCCCOc1cc(C(I)=C(C)C(=O)O)ccc1-c1cccc(CNCC(=O)c2ccccc2)c1. The van der Waals surface area contributed by atoms with Crippen LogP contribution < -0.4 is 10.1 Å². The van der Waals surface area contributed by atoms with Gasteiger partial charge in [0.1, 0.15) is 5.75 Å². The minimum Gasteiger partial charge on any atom is -0.493 e. The number of ketones is 1. The topological polar surface area (TPSA) is 75.6 Å². The van der Waals surface area contributed by atoms with Crippen LogP contribution in [0, 0.1) is 0 Å². The average molecular weight is 583 g/mol. The highest BCUT2D eigenvalue weighted by molar-refractivity contribution is 14.1. The fourth-order valence-electron chi connectivity index (χ4n) is 3.55. The molecule has 0 bridgehead atoms. The Morgan fingerprint density at radius 1 is 0.971 bits per heavy atom. The number of rotatable bonds is 12. The van der Waals surface area contributed by atoms with Crippen LogP contribution in [0.1, 0.15) is 48.2 Å². The maximum Gasteiger partial charge on any atom is 0.332 e. The fourth-order valence-corrected chi connectivity index (χ4v) is 4.12. The molecule has 0 atom stereocenters. The van der Waals surface area contributed by atoms with E-state index in [1.807, 2.05) is 66.7 Å². The molecule has 0 spiro atoms. The van der Waals surface area contributed by atoms with Crippen LogP contribution in [-0.4, -0.2) is 30.0 Å². The van der Waals surface area contributed by atoms with Gasteiger partial charge in [-0.05, 0) is 64.8 Å². The zero-order valence-electron chi connectivity index (χ0n) is 20.0. The van der Waals surface area contributed by atoms with E-state index in [-0.39, 0.29) is 12.3 Å². The van der Waals surface area contributed by atoms with Gasteiger partial charge in [-0.25, -0.2) is 4.79 Å². The summed E-state index contributed by atoms with van der Waals surface area (Å²) in [5, 5.41) is 12.6. The van der Waals surface area contributed by atoms with E-state index in [9.17, 15) is 14.7 Å². The largest absolute Gasteiger partial charge is 0.493 e. The first-order chi connectivity index (χ1) is 16.9. The Balaban J connectivity index is 1.81. The van der Waals surface area contributed by atoms with Gasteiger partial charge in [0.15, 0.2) is 5.78 Å². The number of halogens is 1. The van der Waals surface area contributed by atoms with Crippen LogP contribution in [0.15, 0.2) is 78.4 Å². The molecule has 0 unspecified atom stereocenters. The Morgan fingerprint density at radius 3 is 2.46 bits per heavy atom. The monoisotopic (exact) mass is 583 g/mol. The second-order valence-electron chi connectivity index (χ2n) is 8.25. The molecule has 6 heteroatoms. The Labute approximate surface area is 220 Å². The third-order valence-corrected chi connectivity index (χ3v) is 7.02. The van der Waals surface area contributed by atoms with Gasteiger partial charge in [-0.15, -0.1) is 0 Å². The van der Waals surface area contributed by atoms with Crippen molar-refractivity contribution in [1.82, 2.24) is 5.32 Å². The molecule has 5 nitrogen and oxygen atoms in total. The van der Waals surface area contributed by atoms with Crippen molar-refractivity contribution in [2.75, 3.05) is 13.2 Å². The highest BCUT2D eigenvalue weighted by Gasteiger charge is 2.14. The second-order valence-corrected chi connectivity index (χ2v) is 9.33. The number of ether oxygens (including phenoxy) is 1. The number of Topliss-reactive ketones (excluding diaryl/α,β-unsaturated/α-hetero) is 1. The van der Waals surface area contributed by atoms with Crippen molar-refractivity contribution in [1.29, 1.82) is 0 Å². The van der Waals surface area contributed by atoms with Gasteiger partial charge in [0.2, 0.25) is 0 Å². The lowest BCUT2D eigenvalue weighted by Gasteiger charge is -2.15. The summed E-state index contributed by atoms with van der Waals surface area (Å²) < 4.78 is 6.81. The van der Waals surface area contributed by atoms with Crippen molar-refractivity contribution >= 4 is 37.9 Å². The molecule has 0 aromatic heterocycles. The first-order valence-corrected chi connectivity index (χ1v) is 12.7. The quantitative estimate of drug-likeness (QED) is 0.107. The van der Waals surface area contributed by atoms with Crippen LogP contribution in [0.2, 0.25) is 0 Å². The van der Waals surface area contributed by atoms with Gasteiger partial charge < -0.3 is 15.2 Å². The third-order valence-electron chi connectivity index (χ3n) is 5.59. The molecule has 3 aromatic carbocycles. The van der Waals surface area contributed by atoms with Crippen LogP contribution >= 0.6 is 22.6 Å². The number of hydrogen-bond donors (Lipinski definition) is 2. The Morgan fingerprint density at radius 2 is 1.74 bits per heavy atom. The standard InChI is InChI=1S/C29H30INO4/c1-3-4-15-35-27-17-24(28(30)20(2)29(33)34)13-14-25(27)23-12-8-9-21(16-23)18-31-19-26(32)22-10-6-5-7-11-22/h5-14,16-17,31H,3-4,15,18-19H2,1-2H3,(H,33,34). The van der Waals surface area contributed by atoms with Gasteiger partial charge in [0.05, 0.1) is 13.2 Å². The van der Waals surface area contributed by atoms with Crippen LogP contribution in [0.5, 0.6) is 5.75 Å². The summed E-state index contributed by atoms with van der Waals surface area (Å²) in [6.07, 6.45) is 1.96. The number of aliphatic carboxylic acids is 1. The number of benzene rings is 3. The van der Waals surface area contributed by atoms with Crippen molar-refractivity contribution in [3.05, 3.63) is 95.1 Å². The van der Waals surface area contributed by atoms with Gasteiger partial charge in [-0.3, -0.25) is 4.79 Å². The fraction of sp³-hybridized carbons (Fsp3) is 0.241. The number of carboxylic acids is 1. The van der Waals surface area contributed by atoms with Crippen molar-refractivity contribution in [2.45, 2.75) is 33.2 Å². The van der Waals surface area contributed by atoms with E-state index in [0.717, 1.165) is 40.8 Å². The molecule has 35 heavy (non-hydrogen) atoms. The van der Waals surface area contributed by atoms with Crippen molar-refractivity contribution in [2.24, 2.45) is 0 Å². The molecule has 182 valence electrons. The first kappa shape index (κ1) is 26.6. The Bertz CT molecular complexity index is 1200. The van der Waals surface area contributed by atoms with E-state index in [2.05, 4.69) is 40.9 Å². The molecule has 0 aliphatic rings. The van der Waals surface area contributed by atoms with E-state index in [1.54, 1.807) is 6.92 Å². The summed E-state index contributed by atoms with van der Waals surface area (Å²) in [5.41, 5.74) is 4.83. The maximum absolute atomic E-state index is 12.3. The van der Waals surface area contributed by atoms with Crippen molar-refractivity contribution in [3.8, 4) is 16.9 Å². The summed E-state index contributed by atoms with van der Waals surface area (Å²) in [4.78, 5) is 23.8. The van der Waals surface area contributed by atoms with Gasteiger partial charge in [0, 0.05) is 26.8 Å². The lowest BCUT2D eigenvalue weighted by molar-refractivity contribution is -0.132. The molecule has 0 saturated carbocycles. The normalized spacial score (nSPS) is 11.6. The van der Waals surface area contributed by atoms with Gasteiger partial charge in [0.25, 0.3) is 0 Å². The highest BCUT2D eigenvalue weighted by atomic mass is 127. The minimum atomic E-state index is -0.933. The van der Waals surface area contributed by atoms with Crippen molar-refractivity contribution in [3.63, 3.8) is 0 Å². The van der Waals surface area contributed by atoms with E-state index in [0.29, 0.717) is 27.9 Å².